The lowest BCUT2D eigenvalue weighted by molar-refractivity contribution is -0.112. The SMILES string of the molecule is B[C@@H]1O[C@@](CCP(C)(=O)OCC)(CC(F)(F)P(C)(C)=O)C(O)[C@@H]1O[Si](C)(C)C(C)(C)C. The van der Waals surface area contributed by atoms with Gasteiger partial charge in [-0.05, 0) is 44.8 Å². The molecule has 1 fully saturated rings. The summed E-state index contributed by atoms with van der Waals surface area (Å²) in [6.07, 6.45) is -3.27. The predicted octanol–water partition coefficient (Wildman–Crippen LogP) is 4.41. The first-order valence-electron chi connectivity index (χ1n) is 10.8. The molecule has 0 saturated carbocycles. The van der Waals surface area contributed by atoms with E-state index in [0.29, 0.717) is 0 Å². The van der Waals surface area contributed by atoms with Gasteiger partial charge in [-0.3, -0.25) is 4.57 Å². The molecule has 0 aromatic carbocycles. The molecular weight excluding hydrogens is 463 g/mol. The summed E-state index contributed by atoms with van der Waals surface area (Å²) in [6.45, 7) is 15.6. The molecule has 1 heterocycles. The number of rotatable bonds is 10. The molecule has 6 nitrogen and oxygen atoms in total. The third-order valence-electron chi connectivity index (χ3n) is 6.61. The molecule has 1 aliphatic heterocycles. The van der Waals surface area contributed by atoms with E-state index >= 15 is 0 Å². The Kier molecular flexibility index (Phi) is 9.12. The summed E-state index contributed by atoms with van der Waals surface area (Å²) in [5, 5.41) is 11.1. The fourth-order valence-electron chi connectivity index (χ4n) is 3.46. The Balaban J connectivity index is 3.34. The lowest BCUT2D eigenvalue weighted by Gasteiger charge is -2.41. The highest BCUT2D eigenvalue weighted by Crippen LogP contribution is 2.60. The quantitative estimate of drug-likeness (QED) is 0.351. The van der Waals surface area contributed by atoms with Crippen LogP contribution in [0.2, 0.25) is 18.1 Å². The standard InChI is InChI=1S/C19H41BF2O6P2Si/c1-10-26-30(7,25)12-11-18(13-19(21,22)29(5,6)24)15(23)14(16(20)27-18)28-31(8,9)17(2,3)4/h14-16,23H,10-13,20H2,1-9H3/t14-,15?,16+,18-,30?/m0/s1. The van der Waals surface area contributed by atoms with Crippen LogP contribution in [-0.2, 0) is 22.8 Å². The molecular formula is C19H41BF2O6P2Si. The van der Waals surface area contributed by atoms with Crippen LogP contribution in [0, 0.1) is 0 Å². The van der Waals surface area contributed by atoms with Gasteiger partial charge in [0.15, 0.2) is 15.7 Å². The van der Waals surface area contributed by atoms with Crippen LogP contribution < -0.4 is 0 Å². The number of hydrogen-bond donors (Lipinski definition) is 1. The Bertz CT molecular complexity index is 727. The van der Waals surface area contributed by atoms with Crippen molar-refractivity contribution < 1.29 is 36.7 Å². The van der Waals surface area contributed by atoms with Crippen molar-refractivity contribution in [3.8, 4) is 0 Å². The lowest BCUT2D eigenvalue weighted by Crippen LogP contribution is -2.52. The third kappa shape index (κ3) is 6.97. The van der Waals surface area contributed by atoms with E-state index in [1.807, 2.05) is 33.9 Å². The molecule has 0 spiro atoms. The van der Waals surface area contributed by atoms with Gasteiger partial charge in [0.1, 0.15) is 26.7 Å². The zero-order valence-electron chi connectivity index (χ0n) is 20.7. The van der Waals surface area contributed by atoms with Gasteiger partial charge in [0, 0.05) is 12.8 Å². The highest BCUT2D eigenvalue weighted by atomic mass is 31.2. The lowest BCUT2D eigenvalue weighted by atomic mass is 9.86. The maximum Gasteiger partial charge on any atom is 0.300 e. The first-order chi connectivity index (χ1) is 13.6. The first kappa shape index (κ1) is 29.5. The smallest absolute Gasteiger partial charge is 0.300 e. The van der Waals surface area contributed by atoms with Gasteiger partial charge in [-0.2, -0.15) is 8.78 Å². The van der Waals surface area contributed by atoms with Crippen molar-refractivity contribution >= 4 is 30.7 Å². The maximum absolute atomic E-state index is 15.0. The van der Waals surface area contributed by atoms with Gasteiger partial charge in [0.2, 0.25) is 0 Å². The van der Waals surface area contributed by atoms with E-state index in [-0.39, 0.29) is 24.2 Å². The van der Waals surface area contributed by atoms with E-state index in [2.05, 4.69) is 0 Å². The Morgan fingerprint density at radius 2 is 1.71 bits per heavy atom. The normalized spacial score (nSPS) is 30.4. The molecule has 184 valence electrons. The Labute approximate surface area is 188 Å². The summed E-state index contributed by atoms with van der Waals surface area (Å²) in [4.78, 5) is 0. The summed E-state index contributed by atoms with van der Waals surface area (Å²) in [5.74, 6) is 0. The van der Waals surface area contributed by atoms with Crippen molar-refractivity contribution in [3.63, 3.8) is 0 Å². The highest BCUT2D eigenvalue weighted by molar-refractivity contribution is 7.63. The van der Waals surface area contributed by atoms with Gasteiger partial charge in [0.05, 0.1) is 25.1 Å². The Hall–Kier alpha value is 0.442. The molecule has 31 heavy (non-hydrogen) atoms. The predicted molar refractivity (Wildman–Crippen MR) is 128 cm³/mol. The molecule has 1 saturated heterocycles. The number of ether oxygens (including phenoxy) is 1. The molecule has 12 heteroatoms. The van der Waals surface area contributed by atoms with Crippen LogP contribution in [0.4, 0.5) is 8.78 Å². The minimum absolute atomic E-state index is 0.0365. The molecule has 1 rings (SSSR count). The number of hydrogen-bond acceptors (Lipinski definition) is 6. The van der Waals surface area contributed by atoms with Crippen LogP contribution in [0.1, 0.15) is 40.5 Å². The monoisotopic (exact) mass is 504 g/mol. The van der Waals surface area contributed by atoms with E-state index in [9.17, 15) is 23.0 Å². The van der Waals surface area contributed by atoms with E-state index in [0.717, 1.165) is 13.3 Å². The summed E-state index contributed by atoms with van der Waals surface area (Å²) >= 11 is 0. The molecule has 1 aliphatic rings. The van der Waals surface area contributed by atoms with E-state index in [4.69, 9.17) is 13.7 Å². The van der Waals surface area contributed by atoms with Crippen LogP contribution in [-0.4, -0.2) is 83.5 Å². The van der Waals surface area contributed by atoms with Crippen molar-refractivity contribution in [2.24, 2.45) is 0 Å². The molecule has 0 bridgehead atoms. The van der Waals surface area contributed by atoms with Gasteiger partial charge in [-0.25, -0.2) is 0 Å². The molecule has 0 aliphatic carbocycles. The van der Waals surface area contributed by atoms with Crippen LogP contribution in [0.15, 0.2) is 0 Å². The average molecular weight is 504 g/mol. The van der Waals surface area contributed by atoms with Gasteiger partial charge >= 0.3 is 0 Å². The van der Waals surface area contributed by atoms with E-state index in [1.54, 1.807) is 14.8 Å². The topological polar surface area (TPSA) is 82.1 Å². The zero-order valence-corrected chi connectivity index (χ0v) is 23.5. The second-order valence-corrected chi connectivity index (χ2v) is 21.6. The fraction of sp³-hybridized carbons (Fsp3) is 1.00. The number of alkyl halides is 2. The molecule has 0 aromatic rings. The van der Waals surface area contributed by atoms with Gasteiger partial charge in [-0.15, -0.1) is 0 Å². The number of aliphatic hydroxyl groups is 1. The highest BCUT2D eigenvalue weighted by Gasteiger charge is 2.61. The van der Waals surface area contributed by atoms with Gasteiger partial charge in [0.25, 0.3) is 5.66 Å². The van der Waals surface area contributed by atoms with Crippen LogP contribution in [0.25, 0.3) is 0 Å². The minimum atomic E-state index is -3.83. The fourth-order valence-corrected chi connectivity index (χ4v) is 6.93. The molecule has 0 radical (unpaired) electrons. The zero-order chi connectivity index (χ0) is 24.7. The molecule has 0 aromatic heterocycles. The second-order valence-electron chi connectivity index (χ2n) is 10.8. The van der Waals surface area contributed by atoms with Crippen LogP contribution in [0.5, 0.6) is 0 Å². The van der Waals surface area contributed by atoms with Crippen LogP contribution >= 0.6 is 14.5 Å². The minimum Gasteiger partial charge on any atom is -0.409 e. The van der Waals surface area contributed by atoms with Gasteiger partial charge < -0.3 is 23.4 Å². The number of aliphatic hydroxyl groups excluding tert-OH is 1. The van der Waals surface area contributed by atoms with Gasteiger partial charge in [-0.1, -0.05) is 20.8 Å². The first-order valence-corrected chi connectivity index (χ1v) is 18.6. The Morgan fingerprint density at radius 1 is 1.19 bits per heavy atom. The molecule has 5 atom stereocenters. The second kappa shape index (κ2) is 9.59. The third-order valence-corrected chi connectivity index (χ3v) is 14.7. The number of halogens is 2. The van der Waals surface area contributed by atoms with Crippen molar-refractivity contribution in [2.45, 2.75) is 88.1 Å². The largest absolute Gasteiger partial charge is 0.409 e. The van der Waals surface area contributed by atoms with E-state index < -0.39 is 58.7 Å². The van der Waals surface area contributed by atoms with Crippen molar-refractivity contribution in [1.82, 2.24) is 0 Å². The molecule has 1 N–H and O–H groups in total. The molecule has 2 unspecified atom stereocenters. The Morgan fingerprint density at radius 3 is 2.13 bits per heavy atom. The summed E-state index contributed by atoms with van der Waals surface area (Å²) in [6, 6.07) is -0.656. The van der Waals surface area contributed by atoms with Crippen molar-refractivity contribution in [3.05, 3.63) is 0 Å². The summed E-state index contributed by atoms with van der Waals surface area (Å²) in [5.41, 5.74) is -5.29. The summed E-state index contributed by atoms with van der Waals surface area (Å²) < 4.78 is 72.6. The maximum atomic E-state index is 15.0. The van der Waals surface area contributed by atoms with Crippen LogP contribution in [0.3, 0.4) is 0 Å². The summed E-state index contributed by atoms with van der Waals surface area (Å²) in [7, 11) is -7.55. The van der Waals surface area contributed by atoms with E-state index in [1.165, 1.54) is 6.66 Å². The van der Waals surface area contributed by atoms with Crippen molar-refractivity contribution in [1.29, 1.82) is 0 Å². The average Bonchev–Trinajstić information content (AvgIpc) is 2.75. The molecule has 0 amide bonds. The van der Waals surface area contributed by atoms with Crippen molar-refractivity contribution in [2.75, 3.05) is 32.8 Å².